The van der Waals surface area contributed by atoms with E-state index in [2.05, 4.69) is 46.2 Å². The molecule has 4 heterocycles. The lowest BCUT2D eigenvalue weighted by atomic mass is 9.66. The number of hydrogen-bond donors (Lipinski definition) is 2. The molecule has 1 saturated carbocycles. The number of nitriles is 1. The summed E-state index contributed by atoms with van der Waals surface area (Å²) in [6.07, 6.45) is 7.30. The second-order valence-corrected chi connectivity index (χ2v) is 13.0. The predicted molar refractivity (Wildman–Crippen MR) is 159 cm³/mol. The highest BCUT2D eigenvalue weighted by Gasteiger charge is 2.53. The Morgan fingerprint density at radius 1 is 1.19 bits per heavy atom. The molecule has 4 aliphatic heterocycles. The van der Waals surface area contributed by atoms with Crippen molar-refractivity contribution in [2.45, 2.75) is 81.1 Å². The topological polar surface area (TPSA) is 104 Å². The zero-order chi connectivity index (χ0) is 29.4. The van der Waals surface area contributed by atoms with E-state index in [0.717, 1.165) is 56.3 Å². The lowest BCUT2D eigenvalue weighted by Crippen LogP contribution is -2.74. The van der Waals surface area contributed by atoms with Crippen LogP contribution in [0.15, 0.2) is 36.9 Å². The van der Waals surface area contributed by atoms with Crippen molar-refractivity contribution in [2.24, 2.45) is 5.92 Å². The average molecular weight is 576 g/mol. The highest BCUT2D eigenvalue weighted by Crippen LogP contribution is 2.45. The lowest BCUT2D eigenvalue weighted by molar-refractivity contribution is -0.137. The molecule has 2 amide bonds. The first kappa shape index (κ1) is 29.3. The third-order valence-electron chi connectivity index (χ3n) is 10.8. The lowest BCUT2D eigenvalue weighted by Gasteiger charge is -2.58. The van der Waals surface area contributed by atoms with Crippen molar-refractivity contribution in [1.82, 2.24) is 30.2 Å². The van der Waals surface area contributed by atoms with Crippen LogP contribution in [0.3, 0.4) is 0 Å². The van der Waals surface area contributed by atoms with Crippen LogP contribution in [-0.2, 0) is 16.0 Å². The average Bonchev–Trinajstić information content (AvgIpc) is 3.42. The molecule has 42 heavy (non-hydrogen) atoms. The zero-order valence-electron chi connectivity index (χ0n) is 25.0. The molecular formula is C32H45N7O3. The van der Waals surface area contributed by atoms with Gasteiger partial charge in [0.2, 0.25) is 5.91 Å². The number of nitrogens with zero attached hydrogens (tertiary/aromatic N) is 5. The van der Waals surface area contributed by atoms with Gasteiger partial charge in [-0.1, -0.05) is 24.8 Å². The highest BCUT2D eigenvalue weighted by atomic mass is 16.5. The number of hydrogen-bond acceptors (Lipinski definition) is 8. The molecule has 226 valence electrons. The molecule has 2 N–H and O–H groups in total. The van der Waals surface area contributed by atoms with Gasteiger partial charge in [-0.05, 0) is 69.8 Å². The molecule has 7 atom stereocenters. The zero-order valence-corrected chi connectivity index (χ0v) is 25.0. The summed E-state index contributed by atoms with van der Waals surface area (Å²) in [7, 11) is 4.14. The second-order valence-electron chi connectivity index (χ2n) is 13.0. The van der Waals surface area contributed by atoms with Crippen LogP contribution in [0, 0.1) is 17.2 Å². The maximum absolute atomic E-state index is 13.5. The number of likely N-dealkylation sites (tertiary alicyclic amines) is 1. The molecule has 0 bridgehead atoms. The normalized spacial score (nSPS) is 35.5. The van der Waals surface area contributed by atoms with Gasteiger partial charge in [-0.3, -0.25) is 25.1 Å². The van der Waals surface area contributed by atoms with E-state index in [0.29, 0.717) is 38.1 Å². The van der Waals surface area contributed by atoms with E-state index >= 15 is 0 Å². The number of ether oxygens (including phenoxy) is 1. The fraction of sp³-hybridized carbons (Fsp3) is 0.656. The fourth-order valence-electron chi connectivity index (χ4n) is 8.29. The molecule has 5 aliphatic rings. The minimum absolute atomic E-state index is 0.0407. The summed E-state index contributed by atoms with van der Waals surface area (Å²) in [6.45, 7) is 7.34. The second kappa shape index (κ2) is 12.1. The molecule has 10 nitrogen and oxygen atoms in total. The van der Waals surface area contributed by atoms with Gasteiger partial charge in [0, 0.05) is 55.8 Å². The molecule has 1 aromatic carbocycles. The van der Waals surface area contributed by atoms with Gasteiger partial charge < -0.3 is 19.4 Å². The van der Waals surface area contributed by atoms with Gasteiger partial charge in [-0.15, -0.1) is 0 Å². The number of benzene rings is 1. The molecule has 3 saturated heterocycles. The highest BCUT2D eigenvalue weighted by molar-refractivity contribution is 5.97. The van der Waals surface area contributed by atoms with Crippen molar-refractivity contribution in [2.75, 3.05) is 46.9 Å². The minimum Gasteiger partial charge on any atom is -0.348 e. The summed E-state index contributed by atoms with van der Waals surface area (Å²) >= 11 is 0. The van der Waals surface area contributed by atoms with Crippen LogP contribution in [0.5, 0.6) is 0 Å². The quantitative estimate of drug-likeness (QED) is 0.495. The van der Waals surface area contributed by atoms with Crippen LogP contribution in [0.2, 0.25) is 0 Å². The molecule has 0 aromatic heterocycles. The number of carbonyl (C=O) groups excluding carboxylic acids is 2. The molecule has 1 aromatic rings. The molecule has 0 radical (unpaired) electrons. The summed E-state index contributed by atoms with van der Waals surface area (Å²) in [5.41, 5.74) is 1.72. The van der Waals surface area contributed by atoms with Gasteiger partial charge in [-0.25, -0.2) is 0 Å². The summed E-state index contributed by atoms with van der Waals surface area (Å²) in [5.74, 6) is 0.299. The van der Waals surface area contributed by atoms with Gasteiger partial charge in [0.15, 0.2) is 6.35 Å². The van der Waals surface area contributed by atoms with Crippen LogP contribution in [-0.4, -0.2) is 114 Å². The molecule has 1 spiro atoms. The molecular weight excluding hydrogens is 530 g/mol. The third kappa shape index (κ3) is 5.38. The van der Waals surface area contributed by atoms with E-state index in [-0.39, 0.29) is 42.0 Å². The molecule has 6 rings (SSSR count). The Balaban J connectivity index is 1.24. The van der Waals surface area contributed by atoms with Crippen molar-refractivity contribution >= 4 is 11.8 Å². The van der Waals surface area contributed by atoms with E-state index in [9.17, 15) is 14.9 Å². The van der Waals surface area contributed by atoms with E-state index < -0.39 is 0 Å². The Morgan fingerprint density at radius 2 is 2.02 bits per heavy atom. The van der Waals surface area contributed by atoms with Crippen molar-refractivity contribution in [3.05, 3.63) is 48.0 Å². The number of nitrogens with one attached hydrogen (secondary N) is 2. The number of rotatable bonds is 6. The van der Waals surface area contributed by atoms with Gasteiger partial charge >= 0.3 is 0 Å². The summed E-state index contributed by atoms with van der Waals surface area (Å²) in [5, 5.41) is 17.2. The van der Waals surface area contributed by atoms with Crippen molar-refractivity contribution in [3.63, 3.8) is 0 Å². The van der Waals surface area contributed by atoms with Crippen molar-refractivity contribution in [1.29, 1.82) is 5.26 Å². The van der Waals surface area contributed by atoms with Gasteiger partial charge in [-0.2, -0.15) is 5.26 Å². The Bertz CT molecular complexity index is 1230. The van der Waals surface area contributed by atoms with Crippen LogP contribution >= 0.6 is 0 Å². The van der Waals surface area contributed by atoms with Crippen molar-refractivity contribution in [3.8, 4) is 6.07 Å². The first-order valence-electron chi connectivity index (χ1n) is 15.6. The van der Waals surface area contributed by atoms with Crippen LogP contribution < -0.4 is 10.6 Å². The molecule has 4 unspecified atom stereocenters. The number of piperazine rings is 1. The number of likely N-dealkylation sites (N-methyl/N-ethyl adjacent to an activating group) is 2. The Hall–Kier alpha value is -2.81. The van der Waals surface area contributed by atoms with Gasteiger partial charge in [0.1, 0.15) is 0 Å². The SMILES string of the molecule is C=CC(=O)N1CCN(C2NC(OC[C@@H]3CCCN3C)NC3C[C@@]4(CCC32)Cc2ccccc2C(=O)N4C)C[C@@H]1CC#N. The Morgan fingerprint density at radius 3 is 2.79 bits per heavy atom. The van der Waals surface area contributed by atoms with E-state index in [1.54, 1.807) is 4.90 Å². The largest absolute Gasteiger partial charge is 0.348 e. The smallest absolute Gasteiger partial charge is 0.254 e. The van der Waals surface area contributed by atoms with Crippen molar-refractivity contribution < 1.29 is 14.3 Å². The first-order chi connectivity index (χ1) is 20.3. The van der Waals surface area contributed by atoms with Gasteiger partial charge in [0.05, 0.1) is 31.3 Å². The summed E-state index contributed by atoms with van der Waals surface area (Å²) < 4.78 is 6.54. The Kier molecular flexibility index (Phi) is 8.40. The third-order valence-corrected chi connectivity index (χ3v) is 10.8. The first-order valence-corrected chi connectivity index (χ1v) is 15.6. The molecule has 10 heteroatoms. The maximum atomic E-state index is 13.5. The number of amides is 2. The van der Waals surface area contributed by atoms with Crippen LogP contribution in [0.1, 0.15) is 54.4 Å². The monoisotopic (exact) mass is 575 g/mol. The fourth-order valence-corrected chi connectivity index (χ4v) is 8.29. The Labute approximate surface area is 249 Å². The van der Waals surface area contributed by atoms with Gasteiger partial charge in [0.25, 0.3) is 5.91 Å². The summed E-state index contributed by atoms with van der Waals surface area (Å²) in [6, 6.07) is 10.7. The number of carbonyl (C=O) groups is 2. The van der Waals surface area contributed by atoms with Crippen LogP contribution in [0.25, 0.3) is 0 Å². The van der Waals surface area contributed by atoms with E-state index in [4.69, 9.17) is 4.74 Å². The number of fused-ring (bicyclic) bond motifs is 2. The van der Waals surface area contributed by atoms with E-state index in [1.807, 2.05) is 30.1 Å². The van der Waals surface area contributed by atoms with E-state index in [1.165, 1.54) is 12.5 Å². The minimum atomic E-state index is -0.320. The maximum Gasteiger partial charge on any atom is 0.254 e. The predicted octanol–water partition coefficient (Wildman–Crippen LogP) is 1.75. The molecule has 4 fully saturated rings. The van der Waals surface area contributed by atoms with Crippen LogP contribution in [0.4, 0.5) is 0 Å². The molecule has 1 aliphatic carbocycles. The summed E-state index contributed by atoms with van der Waals surface area (Å²) in [4.78, 5) is 34.7. The standard InChI is InChI=1S/C32H45N7O3/c1-4-28(40)39-17-16-38(20-23(39)12-14-33)29-26-11-13-32(18-22-8-5-6-10-25(22)30(41)37(32)3)19-27(26)34-31(35-29)42-21-24-9-7-15-36(24)2/h4-6,8,10,23-24,26-27,29,31,34-35H,1,7,9,11-13,15-21H2,2-3H3/t23-,24-,26?,27?,29?,31?,32+/m0/s1.